The number of hydrogen-bond acceptors (Lipinski definition) is 4. The molecule has 1 N–H and O–H groups in total. The van der Waals surface area contributed by atoms with Crippen LogP contribution in [-0.2, 0) is 9.84 Å². The van der Waals surface area contributed by atoms with Crippen LogP contribution in [0.1, 0.15) is 44.7 Å². The van der Waals surface area contributed by atoms with E-state index in [0.29, 0.717) is 6.61 Å². The molecule has 21 heavy (non-hydrogen) atoms. The highest BCUT2D eigenvalue weighted by atomic mass is 32.2. The normalized spacial score (nSPS) is 24.0. The maximum absolute atomic E-state index is 11.8. The van der Waals surface area contributed by atoms with Crippen LogP contribution in [0.2, 0.25) is 0 Å². The van der Waals surface area contributed by atoms with Crippen LogP contribution in [0.5, 0.6) is 5.75 Å². The van der Waals surface area contributed by atoms with Crippen molar-refractivity contribution in [3.05, 3.63) is 29.8 Å². The summed E-state index contributed by atoms with van der Waals surface area (Å²) in [5.74, 6) is 0.864. The smallest absolute Gasteiger partial charge is 0.151 e. The monoisotopic (exact) mass is 311 g/mol. The van der Waals surface area contributed by atoms with Crippen molar-refractivity contribution in [3.63, 3.8) is 0 Å². The van der Waals surface area contributed by atoms with Crippen molar-refractivity contribution in [1.29, 1.82) is 0 Å². The number of hydrogen-bond donors (Lipinski definition) is 1. The van der Waals surface area contributed by atoms with Crippen LogP contribution in [-0.4, -0.2) is 32.6 Å². The standard InChI is InChI=1S/C16H25NO3S/c1-4-20-14-10-8-13(9-11-14)12(2)17-15-6-5-7-16(15)21(3,18)19/h8-12,15-17H,4-7H2,1-3H3. The lowest BCUT2D eigenvalue weighted by Crippen LogP contribution is -2.41. The van der Waals surface area contributed by atoms with Crippen LogP contribution in [0.25, 0.3) is 0 Å². The molecule has 1 aromatic rings. The van der Waals surface area contributed by atoms with Crippen LogP contribution in [0.15, 0.2) is 24.3 Å². The third-order valence-electron chi connectivity index (χ3n) is 4.16. The van der Waals surface area contributed by atoms with E-state index in [1.165, 1.54) is 6.26 Å². The molecule has 0 saturated heterocycles. The third kappa shape index (κ3) is 4.20. The molecule has 4 nitrogen and oxygen atoms in total. The number of benzene rings is 1. The topological polar surface area (TPSA) is 55.4 Å². The second kappa shape index (κ2) is 6.79. The van der Waals surface area contributed by atoms with Gasteiger partial charge in [0, 0.05) is 18.3 Å². The van der Waals surface area contributed by atoms with Gasteiger partial charge in [0.2, 0.25) is 0 Å². The van der Waals surface area contributed by atoms with Gasteiger partial charge in [-0.25, -0.2) is 8.42 Å². The molecular weight excluding hydrogens is 286 g/mol. The minimum absolute atomic E-state index is 0.0570. The third-order valence-corrected chi connectivity index (χ3v) is 5.82. The summed E-state index contributed by atoms with van der Waals surface area (Å²) in [6.07, 6.45) is 4.02. The number of nitrogens with one attached hydrogen (secondary N) is 1. The molecular formula is C16H25NO3S. The van der Waals surface area contributed by atoms with Gasteiger partial charge in [-0.3, -0.25) is 0 Å². The summed E-state index contributed by atoms with van der Waals surface area (Å²) < 4.78 is 29.1. The summed E-state index contributed by atoms with van der Waals surface area (Å²) in [4.78, 5) is 0. The van der Waals surface area contributed by atoms with E-state index in [9.17, 15) is 8.42 Å². The fourth-order valence-electron chi connectivity index (χ4n) is 3.07. The lowest BCUT2D eigenvalue weighted by Gasteiger charge is -2.24. The zero-order chi connectivity index (χ0) is 15.5. The first-order valence-corrected chi connectivity index (χ1v) is 9.55. The van der Waals surface area contributed by atoms with Crippen LogP contribution in [0.4, 0.5) is 0 Å². The lowest BCUT2D eigenvalue weighted by atomic mass is 10.1. The van der Waals surface area contributed by atoms with Crippen molar-refractivity contribution in [2.45, 2.75) is 50.4 Å². The fraction of sp³-hybridized carbons (Fsp3) is 0.625. The highest BCUT2D eigenvalue weighted by Crippen LogP contribution is 2.27. The fourth-order valence-corrected chi connectivity index (χ4v) is 4.47. The molecule has 1 aromatic carbocycles. The summed E-state index contributed by atoms with van der Waals surface area (Å²) in [7, 11) is -2.98. The summed E-state index contributed by atoms with van der Waals surface area (Å²) in [6, 6.07) is 8.18. The Morgan fingerprint density at radius 3 is 2.52 bits per heavy atom. The SMILES string of the molecule is CCOc1ccc(C(C)NC2CCCC2S(C)(=O)=O)cc1. The zero-order valence-corrected chi connectivity index (χ0v) is 13.8. The van der Waals surface area contributed by atoms with Crippen LogP contribution in [0.3, 0.4) is 0 Å². The Morgan fingerprint density at radius 1 is 1.29 bits per heavy atom. The van der Waals surface area contributed by atoms with Gasteiger partial charge in [-0.1, -0.05) is 18.6 Å². The molecule has 1 aliphatic carbocycles. The zero-order valence-electron chi connectivity index (χ0n) is 13.0. The average molecular weight is 311 g/mol. The van der Waals surface area contributed by atoms with Crippen LogP contribution < -0.4 is 10.1 Å². The molecule has 0 spiro atoms. The molecule has 0 heterocycles. The first kappa shape index (κ1) is 16.3. The van der Waals surface area contributed by atoms with Gasteiger partial charge >= 0.3 is 0 Å². The largest absolute Gasteiger partial charge is 0.494 e. The van der Waals surface area contributed by atoms with Crippen molar-refractivity contribution in [1.82, 2.24) is 5.32 Å². The Labute approximate surface area is 127 Å². The molecule has 2 rings (SSSR count). The summed E-state index contributed by atoms with van der Waals surface area (Å²) >= 11 is 0. The highest BCUT2D eigenvalue weighted by Gasteiger charge is 2.35. The highest BCUT2D eigenvalue weighted by molar-refractivity contribution is 7.91. The van der Waals surface area contributed by atoms with E-state index in [2.05, 4.69) is 12.2 Å². The van der Waals surface area contributed by atoms with E-state index in [1.807, 2.05) is 31.2 Å². The predicted octanol–water partition coefficient (Wildman–Crippen LogP) is 2.70. The molecule has 0 bridgehead atoms. The second-order valence-corrected chi connectivity index (χ2v) is 8.06. The molecule has 3 atom stereocenters. The minimum atomic E-state index is -2.98. The van der Waals surface area contributed by atoms with E-state index in [-0.39, 0.29) is 17.3 Å². The second-order valence-electron chi connectivity index (χ2n) is 5.80. The predicted molar refractivity (Wildman–Crippen MR) is 85.4 cm³/mol. The van der Waals surface area contributed by atoms with Gasteiger partial charge in [-0.05, 0) is 44.4 Å². The quantitative estimate of drug-likeness (QED) is 0.877. The molecule has 5 heteroatoms. The van der Waals surface area contributed by atoms with Gasteiger partial charge in [-0.15, -0.1) is 0 Å². The molecule has 1 aliphatic rings. The van der Waals surface area contributed by atoms with E-state index < -0.39 is 9.84 Å². The Kier molecular flexibility index (Phi) is 5.27. The average Bonchev–Trinajstić information content (AvgIpc) is 2.88. The van der Waals surface area contributed by atoms with Crippen molar-refractivity contribution >= 4 is 9.84 Å². The van der Waals surface area contributed by atoms with E-state index in [1.54, 1.807) is 0 Å². The first-order valence-electron chi connectivity index (χ1n) is 7.59. The Morgan fingerprint density at radius 2 is 1.95 bits per heavy atom. The molecule has 0 radical (unpaired) electrons. The molecule has 0 aromatic heterocycles. The maximum atomic E-state index is 11.8. The molecule has 3 unspecified atom stereocenters. The molecule has 0 aliphatic heterocycles. The molecule has 1 saturated carbocycles. The van der Waals surface area contributed by atoms with Crippen molar-refractivity contribution in [2.24, 2.45) is 0 Å². The van der Waals surface area contributed by atoms with E-state index in [0.717, 1.165) is 30.6 Å². The Hall–Kier alpha value is -1.07. The molecule has 118 valence electrons. The van der Waals surface area contributed by atoms with Gasteiger partial charge in [-0.2, -0.15) is 0 Å². The summed E-state index contributed by atoms with van der Waals surface area (Å²) in [5, 5.41) is 3.24. The first-order chi connectivity index (χ1) is 9.91. The summed E-state index contributed by atoms with van der Waals surface area (Å²) in [6.45, 7) is 4.70. The van der Waals surface area contributed by atoms with Gasteiger partial charge in [0.25, 0.3) is 0 Å². The van der Waals surface area contributed by atoms with Crippen LogP contribution >= 0.6 is 0 Å². The van der Waals surface area contributed by atoms with Gasteiger partial charge in [0.15, 0.2) is 9.84 Å². The van der Waals surface area contributed by atoms with Crippen LogP contribution in [0, 0.1) is 0 Å². The number of ether oxygens (including phenoxy) is 1. The van der Waals surface area contributed by atoms with Crippen molar-refractivity contribution in [3.8, 4) is 5.75 Å². The Balaban J connectivity index is 2.02. The number of sulfone groups is 1. The minimum Gasteiger partial charge on any atom is -0.494 e. The Bertz CT molecular complexity index is 553. The van der Waals surface area contributed by atoms with Crippen molar-refractivity contribution < 1.29 is 13.2 Å². The molecule has 1 fully saturated rings. The molecule has 0 amide bonds. The van der Waals surface area contributed by atoms with E-state index in [4.69, 9.17) is 4.74 Å². The van der Waals surface area contributed by atoms with Gasteiger partial charge in [0.1, 0.15) is 5.75 Å². The van der Waals surface area contributed by atoms with Gasteiger partial charge in [0.05, 0.1) is 11.9 Å². The van der Waals surface area contributed by atoms with Crippen molar-refractivity contribution in [2.75, 3.05) is 12.9 Å². The lowest BCUT2D eigenvalue weighted by molar-refractivity contribution is 0.340. The maximum Gasteiger partial charge on any atom is 0.151 e. The summed E-state index contributed by atoms with van der Waals surface area (Å²) in [5.41, 5.74) is 1.15. The van der Waals surface area contributed by atoms with E-state index >= 15 is 0 Å². The number of rotatable bonds is 6. The van der Waals surface area contributed by atoms with Gasteiger partial charge < -0.3 is 10.1 Å².